The van der Waals surface area contributed by atoms with Gasteiger partial charge in [0, 0.05) is 13.1 Å². The Hall–Kier alpha value is -3.16. The maximum absolute atomic E-state index is 12.2. The second-order valence-corrected chi connectivity index (χ2v) is 5.15. The van der Waals surface area contributed by atoms with Gasteiger partial charge in [0.15, 0.2) is 11.8 Å². The maximum atomic E-state index is 12.2. The van der Waals surface area contributed by atoms with E-state index < -0.39 is 18.0 Å². The van der Waals surface area contributed by atoms with Crippen LogP contribution >= 0.6 is 0 Å². The van der Waals surface area contributed by atoms with Crippen LogP contribution in [0.5, 0.6) is 5.75 Å². The predicted octanol–water partition coefficient (Wildman–Crippen LogP) is 1.36. The average molecular weight is 345 g/mol. The second-order valence-electron chi connectivity index (χ2n) is 5.15. The maximum Gasteiger partial charge on any atom is 0.359 e. The van der Waals surface area contributed by atoms with Gasteiger partial charge in [0.2, 0.25) is 0 Å². The van der Waals surface area contributed by atoms with Gasteiger partial charge in [-0.1, -0.05) is 12.1 Å². The summed E-state index contributed by atoms with van der Waals surface area (Å²) in [5.41, 5.74) is 0.0730. The summed E-state index contributed by atoms with van der Waals surface area (Å²) in [6.45, 7) is 3.73. The van der Waals surface area contributed by atoms with Crippen LogP contribution in [0, 0.1) is 0 Å². The van der Waals surface area contributed by atoms with Crippen molar-refractivity contribution in [3.8, 4) is 5.75 Å². The molecular formula is C17H19N3O5. The molecule has 25 heavy (non-hydrogen) atoms. The van der Waals surface area contributed by atoms with Crippen molar-refractivity contribution in [2.75, 3.05) is 11.9 Å². The fraction of sp³-hybridized carbons (Fsp3) is 0.294. The van der Waals surface area contributed by atoms with E-state index in [9.17, 15) is 14.4 Å². The number of nitrogens with one attached hydrogen (secondary N) is 1. The summed E-state index contributed by atoms with van der Waals surface area (Å²) < 4.78 is 11.5. The molecule has 0 radical (unpaired) electrons. The largest absolute Gasteiger partial charge is 0.492 e. The number of hydrogen-bond donors (Lipinski definition) is 1. The number of para-hydroxylation sites is 2. The highest BCUT2D eigenvalue weighted by Gasteiger charge is 2.21. The van der Waals surface area contributed by atoms with Crippen molar-refractivity contribution in [1.82, 2.24) is 9.78 Å². The molecule has 0 spiro atoms. The molecule has 1 N–H and O–H groups in total. The van der Waals surface area contributed by atoms with Gasteiger partial charge >= 0.3 is 5.97 Å². The smallest absolute Gasteiger partial charge is 0.359 e. The Morgan fingerprint density at radius 3 is 2.64 bits per heavy atom. The van der Waals surface area contributed by atoms with Crippen molar-refractivity contribution in [2.24, 2.45) is 7.05 Å². The van der Waals surface area contributed by atoms with Crippen molar-refractivity contribution in [3.05, 3.63) is 52.4 Å². The number of ether oxygens (including phenoxy) is 2. The zero-order chi connectivity index (χ0) is 18.4. The third-order valence-electron chi connectivity index (χ3n) is 3.27. The lowest BCUT2D eigenvalue weighted by atomic mass is 10.2. The summed E-state index contributed by atoms with van der Waals surface area (Å²) in [7, 11) is 1.42. The van der Waals surface area contributed by atoms with E-state index in [1.807, 2.05) is 6.92 Å². The van der Waals surface area contributed by atoms with Crippen LogP contribution in [0.15, 0.2) is 41.2 Å². The van der Waals surface area contributed by atoms with E-state index in [0.717, 1.165) is 4.68 Å². The average Bonchev–Trinajstić information content (AvgIpc) is 2.59. The molecule has 2 aromatic rings. The quantitative estimate of drug-likeness (QED) is 0.794. The van der Waals surface area contributed by atoms with Gasteiger partial charge in [0.25, 0.3) is 11.5 Å². The Morgan fingerprint density at radius 2 is 1.96 bits per heavy atom. The Morgan fingerprint density at radius 1 is 1.24 bits per heavy atom. The Bertz CT molecular complexity index is 831. The number of nitrogens with zero attached hydrogens (tertiary/aromatic N) is 2. The normalized spacial score (nSPS) is 11.5. The minimum Gasteiger partial charge on any atom is -0.492 e. The molecule has 1 atom stereocenters. The van der Waals surface area contributed by atoms with Crippen LogP contribution in [0.1, 0.15) is 24.3 Å². The summed E-state index contributed by atoms with van der Waals surface area (Å²) in [6, 6.07) is 9.40. The van der Waals surface area contributed by atoms with Gasteiger partial charge in [-0.05, 0) is 32.0 Å². The molecule has 0 saturated carbocycles. The number of rotatable bonds is 6. The van der Waals surface area contributed by atoms with E-state index in [2.05, 4.69) is 10.4 Å². The topological polar surface area (TPSA) is 99.5 Å². The second kappa shape index (κ2) is 8.09. The first-order valence-corrected chi connectivity index (χ1v) is 7.70. The minimum absolute atomic E-state index is 0.0588. The molecule has 1 heterocycles. The van der Waals surface area contributed by atoms with Crippen LogP contribution in [0.4, 0.5) is 5.69 Å². The molecule has 0 aliphatic carbocycles. The van der Waals surface area contributed by atoms with Crippen molar-refractivity contribution in [1.29, 1.82) is 0 Å². The number of hydrogen-bond acceptors (Lipinski definition) is 6. The highest BCUT2D eigenvalue weighted by atomic mass is 16.5. The molecule has 0 saturated heterocycles. The fourth-order valence-corrected chi connectivity index (χ4v) is 1.97. The lowest BCUT2D eigenvalue weighted by molar-refractivity contribution is -0.123. The number of benzene rings is 1. The Labute approximate surface area is 144 Å². The Kier molecular flexibility index (Phi) is 5.89. The molecular weight excluding hydrogens is 326 g/mol. The van der Waals surface area contributed by atoms with Crippen LogP contribution in [0.2, 0.25) is 0 Å². The Balaban J connectivity index is 2.04. The summed E-state index contributed by atoms with van der Waals surface area (Å²) >= 11 is 0. The number of esters is 1. The summed E-state index contributed by atoms with van der Waals surface area (Å²) in [6.07, 6.45) is -1.05. The van der Waals surface area contributed by atoms with Crippen LogP contribution in [0.25, 0.3) is 0 Å². The van der Waals surface area contributed by atoms with Crippen LogP contribution in [0.3, 0.4) is 0 Å². The summed E-state index contributed by atoms with van der Waals surface area (Å²) in [5.74, 6) is -0.779. The van der Waals surface area contributed by atoms with Gasteiger partial charge in [-0.25, -0.2) is 9.48 Å². The fourth-order valence-electron chi connectivity index (χ4n) is 1.97. The first kappa shape index (κ1) is 18.2. The van der Waals surface area contributed by atoms with Crippen LogP contribution < -0.4 is 15.6 Å². The van der Waals surface area contributed by atoms with E-state index in [1.54, 1.807) is 24.3 Å². The van der Waals surface area contributed by atoms with E-state index in [0.29, 0.717) is 18.0 Å². The molecule has 132 valence electrons. The van der Waals surface area contributed by atoms with Gasteiger partial charge in [-0.2, -0.15) is 5.10 Å². The minimum atomic E-state index is -1.05. The van der Waals surface area contributed by atoms with Gasteiger partial charge in [-0.15, -0.1) is 0 Å². The standard InChI is InChI=1S/C17H19N3O5/c1-4-24-14-8-6-5-7-12(14)18-16(22)11(2)25-17(23)13-9-10-15(21)20(3)19-13/h5-11H,4H2,1-3H3,(H,18,22). The third-order valence-corrected chi connectivity index (χ3v) is 3.27. The van der Waals surface area contributed by atoms with Gasteiger partial charge in [0.1, 0.15) is 5.75 Å². The van der Waals surface area contributed by atoms with Crippen molar-refractivity contribution in [2.45, 2.75) is 20.0 Å². The van der Waals surface area contributed by atoms with Gasteiger partial charge in [0.05, 0.1) is 12.3 Å². The molecule has 0 bridgehead atoms. The molecule has 1 amide bonds. The monoisotopic (exact) mass is 345 g/mol. The van der Waals surface area contributed by atoms with E-state index in [1.165, 1.54) is 26.1 Å². The molecule has 1 unspecified atom stereocenters. The molecule has 8 nitrogen and oxygen atoms in total. The molecule has 2 rings (SSSR count). The number of carbonyl (C=O) groups is 2. The number of carbonyl (C=O) groups excluding carboxylic acids is 2. The first-order chi connectivity index (χ1) is 11.9. The number of aromatic nitrogens is 2. The van der Waals surface area contributed by atoms with Crippen molar-refractivity contribution < 1.29 is 19.1 Å². The molecule has 0 aliphatic rings. The molecule has 1 aromatic carbocycles. The van der Waals surface area contributed by atoms with Crippen molar-refractivity contribution in [3.63, 3.8) is 0 Å². The van der Waals surface area contributed by atoms with Crippen LogP contribution in [-0.2, 0) is 16.6 Å². The summed E-state index contributed by atoms with van der Waals surface area (Å²) in [4.78, 5) is 35.6. The zero-order valence-electron chi connectivity index (χ0n) is 14.2. The van der Waals surface area contributed by atoms with Gasteiger partial charge in [-0.3, -0.25) is 9.59 Å². The summed E-state index contributed by atoms with van der Waals surface area (Å²) in [5, 5.41) is 6.44. The van der Waals surface area contributed by atoms with E-state index in [4.69, 9.17) is 9.47 Å². The van der Waals surface area contributed by atoms with Crippen molar-refractivity contribution >= 4 is 17.6 Å². The molecule has 8 heteroatoms. The lowest BCUT2D eigenvalue weighted by Gasteiger charge is -2.15. The van der Waals surface area contributed by atoms with E-state index >= 15 is 0 Å². The first-order valence-electron chi connectivity index (χ1n) is 7.70. The zero-order valence-corrected chi connectivity index (χ0v) is 14.2. The number of aryl methyl sites for hydroxylation is 1. The van der Waals surface area contributed by atoms with Crippen LogP contribution in [-0.4, -0.2) is 34.4 Å². The number of amides is 1. The SMILES string of the molecule is CCOc1ccccc1NC(=O)C(C)OC(=O)c1ccc(=O)n(C)n1. The highest BCUT2D eigenvalue weighted by Crippen LogP contribution is 2.23. The lowest BCUT2D eigenvalue weighted by Crippen LogP contribution is -2.31. The predicted molar refractivity (Wildman–Crippen MR) is 90.6 cm³/mol. The third kappa shape index (κ3) is 4.66. The van der Waals surface area contributed by atoms with E-state index in [-0.39, 0.29) is 11.3 Å². The number of anilines is 1. The molecule has 1 aromatic heterocycles. The van der Waals surface area contributed by atoms with Gasteiger partial charge < -0.3 is 14.8 Å². The molecule has 0 aliphatic heterocycles. The highest BCUT2D eigenvalue weighted by molar-refractivity contribution is 5.97. The molecule has 0 fully saturated rings.